The lowest BCUT2D eigenvalue weighted by atomic mass is 10.1. The van der Waals surface area contributed by atoms with Crippen LogP contribution in [-0.2, 0) is 0 Å². The van der Waals surface area contributed by atoms with Crippen LogP contribution in [0.15, 0.2) is 30.3 Å². The van der Waals surface area contributed by atoms with E-state index in [9.17, 15) is 0 Å². The van der Waals surface area contributed by atoms with Gasteiger partial charge in [0.05, 0.1) is 10.4 Å². The Labute approximate surface area is 113 Å². The molecule has 0 radical (unpaired) electrons. The molecular weight excluding hydrogens is 285 g/mol. The van der Waals surface area contributed by atoms with Crippen molar-refractivity contribution in [3.8, 4) is 0 Å². The largest absolute Gasteiger partial charge is 0.320 e. The number of benzene rings is 1. The van der Waals surface area contributed by atoms with E-state index in [-0.39, 0.29) is 6.04 Å². The molecule has 0 bridgehead atoms. The van der Waals surface area contributed by atoms with Gasteiger partial charge in [0, 0.05) is 14.9 Å². The molecule has 1 heterocycles. The van der Waals surface area contributed by atoms with Crippen LogP contribution in [0.3, 0.4) is 0 Å². The minimum atomic E-state index is -0.288. The van der Waals surface area contributed by atoms with Crippen molar-refractivity contribution < 1.29 is 0 Å². The number of halogens is 3. The molecule has 2 rings (SSSR count). The highest BCUT2D eigenvalue weighted by Crippen LogP contribution is 2.33. The van der Waals surface area contributed by atoms with Gasteiger partial charge in [-0.1, -0.05) is 34.8 Å². The summed E-state index contributed by atoms with van der Waals surface area (Å²) in [5.41, 5.74) is 6.92. The van der Waals surface area contributed by atoms with Gasteiger partial charge in [-0.15, -0.1) is 11.3 Å². The quantitative estimate of drug-likeness (QED) is 0.849. The summed E-state index contributed by atoms with van der Waals surface area (Å²) < 4.78 is 0.712. The minimum absolute atomic E-state index is 0.288. The molecule has 0 aliphatic rings. The van der Waals surface area contributed by atoms with Gasteiger partial charge in [-0.2, -0.15) is 0 Å². The predicted octanol–water partition coefficient (Wildman–Crippen LogP) is 4.76. The third kappa shape index (κ3) is 2.53. The highest BCUT2D eigenvalue weighted by Gasteiger charge is 2.14. The van der Waals surface area contributed by atoms with E-state index in [0.717, 1.165) is 10.4 Å². The highest BCUT2D eigenvalue weighted by atomic mass is 35.5. The maximum absolute atomic E-state index is 6.11. The van der Waals surface area contributed by atoms with Gasteiger partial charge in [0.2, 0.25) is 0 Å². The lowest BCUT2D eigenvalue weighted by Gasteiger charge is -2.12. The van der Waals surface area contributed by atoms with E-state index >= 15 is 0 Å². The summed E-state index contributed by atoms with van der Waals surface area (Å²) in [4.78, 5) is 0.967. The van der Waals surface area contributed by atoms with Crippen LogP contribution in [-0.4, -0.2) is 0 Å². The second-order valence-corrected chi connectivity index (χ2v) is 5.88. The standard InChI is InChI=1S/C11H8Cl3NS/c12-6-1-2-8(13)7(5-6)11(15)9-3-4-10(14)16-9/h1-5,11H,15H2. The number of rotatable bonds is 2. The van der Waals surface area contributed by atoms with Crippen molar-refractivity contribution in [1.29, 1.82) is 0 Å². The molecule has 0 saturated heterocycles. The van der Waals surface area contributed by atoms with Crippen molar-refractivity contribution in [3.63, 3.8) is 0 Å². The van der Waals surface area contributed by atoms with Gasteiger partial charge in [0.1, 0.15) is 0 Å². The van der Waals surface area contributed by atoms with E-state index in [0.29, 0.717) is 14.4 Å². The Morgan fingerprint density at radius 1 is 1.06 bits per heavy atom. The molecular formula is C11H8Cl3NS. The monoisotopic (exact) mass is 291 g/mol. The molecule has 2 aromatic rings. The van der Waals surface area contributed by atoms with Crippen LogP contribution in [0.4, 0.5) is 0 Å². The molecule has 0 fully saturated rings. The van der Waals surface area contributed by atoms with Gasteiger partial charge in [-0.05, 0) is 35.9 Å². The Balaban J connectivity index is 2.40. The van der Waals surface area contributed by atoms with E-state index in [1.165, 1.54) is 11.3 Å². The Kier molecular flexibility index (Phi) is 3.77. The molecule has 84 valence electrons. The van der Waals surface area contributed by atoms with E-state index in [1.807, 2.05) is 12.1 Å². The Morgan fingerprint density at radius 3 is 2.44 bits per heavy atom. The summed E-state index contributed by atoms with van der Waals surface area (Å²) in [6.45, 7) is 0. The van der Waals surface area contributed by atoms with Crippen molar-refractivity contribution in [1.82, 2.24) is 0 Å². The fourth-order valence-electron chi connectivity index (χ4n) is 1.40. The predicted molar refractivity (Wildman–Crippen MR) is 71.8 cm³/mol. The van der Waals surface area contributed by atoms with E-state index in [1.54, 1.807) is 18.2 Å². The molecule has 1 atom stereocenters. The SMILES string of the molecule is NC(c1ccc(Cl)s1)c1cc(Cl)ccc1Cl. The van der Waals surface area contributed by atoms with Gasteiger partial charge in [0.25, 0.3) is 0 Å². The van der Waals surface area contributed by atoms with Gasteiger partial charge >= 0.3 is 0 Å². The molecule has 1 aromatic heterocycles. The number of nitrogens with two attached hydrogens (primary N) is 1. The molecule has 1 nitrogen and oxygen atoms in total. The van der Waals surface area contributed by atoms with Crippen molar-refractivity contribution in [2.75, 3.05) is 0 Å². The summed E-state index contributed by atoms with van der Waals surface area (Å²) in [7, 11) is 0. The van der Waals surface area contributed by atoms with Gasteiger partial charge < -0.3 is 5.73 Å². The lowest BCUT2D eigenvalue weighted by molar-refractivity contribution is 0.894. The maximum atomic E-state index is 6.11. The molecule has 0 spiro atoms. The smallest absolute Gasteiger partial charge is 0.0931 e. The minimum Gasteiger partial charge on any atom is -0.320 e. The summed E-state index contributed by atoms with van der Waals surface area (Å²) in [6, 6.07) is 8.69. The van der Waals surface area contributed by atoms with Crippen molar-refractivity contribution in [2.45, 2.75) is 6.04 Å². The van der Waals surface area contributed by atoms with Gasteiger partial charge in [-0.25, -0.2) is 0 Å². The summed E-state index contributed by atoms with van der Waals surface area (Å²) in [5, 5.41) is 1.24. The van der Waals surface area contributed by atoms with Crippen LogP contribution in [0.25, 0.3) is 0 Å². The third-order valence-electron chi connectivity index (χ3n) is 2.19. The van der Waals surface area contributed by atoms with Crippen LogP contribution in [0.5, 0.6) is 0 Å². The number of hydrogen-bond acceptors (Lipinski definition) is 2. The van der Waals surface area contributed by atoms with Crippen LogP contribution in [0.1, 0.15) is 16.5 Å². The van der Waals surface area contributed by atoms with Crippen LogP contribution in [0.2, 0.25) is 14.4 Å². The summed E-state index contributed by atoms with van der Waals surface area (Å²) in [6.07, 6.45) is 0. The summed E-state index contributed by atoms with van der Waals surface area (Å²) in [5.74, 6) is 0. The molecule has 16 heavy (non-hydrogen) atoms. The normalized spacial score (nSPS) is 12.8. The maximum Gasteiger partial charge on any atom is 0.0931 e. The van der Waals surface area contributed by atoms with Crippen LogP contribution in [0, 0.1) is 0 Å². The molecule has 1 aromatic carbocycles. The molecule has 1 unspecified atom stereocenters. The fourth-order valence-corrected chi connectivity index (χ4v) is 2.90. The van der Waals surface area contributed by atoms with E-state index < -0.39 is 0 Å². The molecule has 0 aliphatic heterocycles. The van der Waals surface area contributed by atoms with Crippen molar-refractivity contribution >= 4 is 46.1 Å². The zero-order valence-corrected chi connectivity index (χ0v) is 11.2. The topological polar surface area (TPSA) is 26.0 Å². The third-order valence-corrected chi connectivity index (χ3v) is 4.09. The lowest BCUT2D eigenvalue weighted by Crippen LogP contribution is -2.10. The number of hydrogen-bond donors (Lipinski definition) is 1. The second-order valence-electron chi connectivity index (χ2n) is 3.29. The Morgan fingerprint density at radius 2 is 1.81 bits per heavy atom. The molecule has 2 N–H and O–H groups in total. The zero-order valence-electron chi connectivity index (χ0n) is 8.08. The average molecular weight is 293 g/mol. The molecule has 0 amide bonds. The average Bonchev–Trinajstić information content (AvgIpc) is 2.67. The van der Waals surface area contributed by atoms with E-state index in [2.05, 4.69) is 0 Å². The first-order valence-electron chi connectivity index (χ1n) is 4.53. The highest BCUT2D eigenvalue weighted by molar-refractivity contribution is 7.16. The van der Waals surface area contributed by atoms with Crippen LogP contribution < -0.4 is 5.73 Å². The first-order chi connectivity index (χ1) is 7.58. The van der Waals surface area contributed by atoms with Crippen molar-refractivity contribution in [2.24, 2.45) is 5.73 Å². The van der Waals surface area contributed by atoms with Gasteiger partial charge in [-0.3, -0.25) is 0 Å². The van der Waals surface area contributed by atoms with Gasteiger partial charge in [0.15, 0.2) is 0 Å². The zero-order chi connectivity index (χ0) is 11.7. The first kappa shape index (κ1) is 12.2. The second kappa shape index (κ2) is 4.94. The molecule has 0 aliphatic carbocycles. The summed E-state index contributed by atoms with van der Waals surface area (Å²) >= 11 is 19.3. The molecule has 0 saturated carbocycles. The fraction of sp³-hybridized carbons (Fsp3) is 0.0909. The number of thiophene rings is 1. The van der Waals surface area contributed by atoms with E-state index in [4.69, 9.17) is 40.5 Å². The Hall–Kier alpha value is -0.250. The molecule has 5 heteroatoms. The first-order valence-corrected chi connectivity index (χ1v) is 6.48. The van der Waals surface area contributed by atoms with Crippen LogP contribution >= 0.6 is 46.1 Å². The Bertz CT molecular complexity index is 510. The van der Waals surface area contributed by atoms with Crippen molar-refractivity contribution in [3.05, 3.63) is 55.2 Å².